The van der Waals surface area contributed by atoms with E-state index in [9.17, 15) is 18.4 Å². The molecular formula is C10H19N2O6S-. The van der Waals surface area contributed by atoms with Crippen molar-refractivity contribution in [1.82, 2.24) is 4.90 Å². The molecule has 0 aromatic rings. The first-order chi connectivity index (χ1) is 8.58. The molecule has 0 spiro atoms. The Hall–Kier alpha value is -1.19. The fourth-order valence-electron chi connectivity index (χ4n) is 1.09. The van der Waals surface area contributed by atoms with Gasteiger partial charge in [0, 0.05) is 12.3 Å². The number of nitrogens with zero attached hydrogens (tertiary/aromatic N) is 1. The number of ether oxygens (including phenoxy) is 2. The third-order valence-electron chi connectivity index (χ3n) is 1.91. The first-order valence-corrected chi connectivity index (χ1v) is 6.71. The number of carbonyl (C=O) groups excluding carboxylic acids is 2. The van der Waals surface area contributed by atoms with Crippen molar-refractivity contribution in [1.29, 1.82) is 0 Å². The number of esters is 1. The highest BCUT2D eigenvalue weighted by Gasteiger charge is 2.30. The van der Waals surface area contributed by atoms with Crippen LogP contribution in [0.5, 0.6) is 0 Å². The van der Waals surface area contributed by atoms with E-state index in [-0.39, 0.29) is 12.3 Å². The summed E-state index contributed by atoms with van der Waals surface area (Å²) in [7, 11) is 1.11. The maximum absolute atomic E-state index is 11.8. The molecule has 9 heteroatoms. The van der Waals surface area contributed by atoms with Crippen molar-refractivity contribution in [3.8, 4) is 0 Å². The van der Waals surface area contributed by atoms with Crippen LogP contribution >= 0.6 is 0 Å². The van der Waals surface area contributed by atoms with Crippen molar-refractivity contribution in [2.24, 2.45) is 5.73 Å². The molecule has 0 aliphatic carbocycles. The lowest BCUT2D eigenvalue weighted by Gasteiger charge is -2.30. The molecule has 0 saturated heterocycles. The minimum Gasteiger partial charge on any atom is -0.772 e. The molecule has 112 valence electrons. The third kappa shape index (κ3) is 7.09. The Morgan fingerprint density at radius 1 is 1.42 bits per heavy atom. The molecule has 0 saturated carbocycles. The summed E-state index contributed by atoms with van der Waals surface area (Å²) in [5.41, 5.74) is 4.74. The number of methoxy groups -OCH3 is 1. The minimum atomic E-state index is -2.36. The van der Waals surface area contributed by atoms with Crippen LogP contribution in [0.2, 0.25) is 0 Å². The van der Waals surface area contributed by atoms with Gasteiger partial charge in [-0.15, -0.1) is 0 Å². The highest BCUT2D eigenvalue weighted by molar-refractivity contribution is 7.79. The van der Waals surface area contributed by atoms with Gasteiger partial charge in [-0.1, -0.05) is 11.1 Å². The summed E-state index contributed by atoms with van der Waals surface area (Å²) >= 11 is -2.36. The van der Waals surface area contributed by atoms with Crippen LogP contribution in [0.15, 0.2) is 0 Å². The fourth-order valence-corrected chi connectivity index (χ4v) is 1.43. The number of rotatable bonds is 5. The highest BCUT2D eigenvalue weighted by Crippen LogP contribution is 2.11. The Kier molecular flexibility index (Phi) is 6.95. The smallest absolute Gasteiger partial charge is 0.412 e. The summed E-state index contributed by atoms with van der Waals surface area (Å²) in [5, 5.41) is 0. The van der Waals surface area contributed by atoms with Crippen LogP contribution in [0.3, 0.4) is 0 Å². The number of hydrogen-bond acceptors (Lipinski definition) is 7. The number of hydrogen-bond donors (Lipinski definition) is 1. The predicted molar refractivity (Wildman–Crippen MR) is 66.7 cm³/mol. The molecule has 2 unspecified atom stereocenters. The van der Waals surface area contributed by atoms with Gasteiger partial charge in [0.05, 0.1) is 7.11 Å². The van der Waals surface area contributed by atoms with Crippen molar-refractivity contribution in [3.63, 3.8) is 0 Å². The van der Waals surface area contributed by atoms with Crippen molar-refractivity contribution < 1.29 is 27.8 Å². The quantitative estimate of drug-likeness (QED) is 0.414. The van der Waals surface area contributed by atoms with Gasteiger partial charge in [0.1, 0.15) is 5.60 Å². The number of nitrogens with two attached hydrogens (primary N) is 1. The normalized spacial score (nSPS) is 14.4. The zero-order valence-corrected chi connectivity index (χ0v) is 12.2. The lowest BCUT2D eigenvalue weighted by Crippen LogP contribution is -2.53. The molecule has 0 aromatic carbocycles. The van der Waals surface area contributed by atoms with E-state index in [2.05, 4.69) is 4.74 Å². The van der Waals surface area contributed by atoms with Crippen LogP contribution in [0.25, 0.3) is 0 Å². The Bertz CT molecular complexity index is 354. The van der Waals surface area contributed by atoms with E-state index in [0.717, 1.165) is 12.0 Å². The van der Waals surface area contributed by atoms with E-state index in [1.807, 2.05) is 0 Å². The molecule has 0 radical (unpaired) electrons. The van der Waals surface area contributed by atoms with E-state index >= 15 is 0 Å². The molecule has 1 amide bonds. The summed E-state index contributed by atoms with van der Waals surface area (Å²) in [5.74, 6) is -1.22. The number of amides is 1. The van der Waals surface area contributed by atoms with E-state index in [1.54, 1.807) is 20.8 Å². The van der Waals surface area contributed by atoms with Gasteiger partial charge in [0.2, 0.25) is 0 Å². The molecule has 0 rings (SSSR count). The second kappa shape index (κ2) is 7.41. The highest BCUT2D eigenvalue weighted by atomic mass is 32.2. The Morgan fingerprint density at radius 3 is 2.32 bits per heavy atom. The maximum atomic E-state index is 11.8. The summed E-state index contributed by atoms with van der Waals surface area (Å²) < 4.78 is 30.5. The van der Waals surface area contributed by atoms with Gasteiger partial charge in [0.25, 0.3) is 0 Å². The van der Waals surface area contributed by atoms with Crippen molar-refractivity contribution in [3.05, 3.63) is 0 Å². The van der Waals surface area contributed by atoms with Gasteiger partial charge in [-0.25, -0.2) is 9.59 Å². The van der Waals surface area contributed by atoms with Crippen molar-refractivity contribution >= 4 is 23.1 Å². The molecule has 0 aliphatic heterocycles. The number of carbonyl (C=O) groups is 2. The van der Waals surface area contributed by atoms with Gasteiger partial charge in [-0.3, -0.25) is 9.11 Å². The Balaban J connectivity index is 4.89. The van der Waals surface area contributed by atoms with Crippen LogP contribution in [0.1, 0.15) is 20.8 Å². The average Bonchev–Trinajstić information content (AvgIpc) is 2.24. The monoisotopic (exact) mass is 295 g/mol. The molecule has 0 bridgehead atoms. The summed E-state index contributed by atoms with van der Waals surface area (Å²) in [4.78, 5) is 24.0. The largest absolute Gasteiger partial charge is 0.772 e. The van der Waals surface area contributed by atoms with Gasteiger partial charge in [0.15, 0.2) is 6.17 Å². The summed E-state index contributed by atoms with van der Waals surface area (Å²) in [6.07, 6.45) is -2.29. The maximum Gasteiger partial charge on any atom is 0.412 e. The molecule has 19 heavy (non-hydrogen) atoms. The lowest BCUT2D eigenvalue weighted by molar-refractivity contribution is -0.146. The zero-order valence-electron chi connectivity index (χ0n) is 11.4. The van der Waals surface area contributed by atoms with E-state index in [1.165, 1.54) is 0 Å². The standard InChI is InChI=1S/C10H20N2O6S/c1-10(2,3)18-9(14)12(5-6-19(15)16)7(11)8(13)17-4/h7H,5-6,11H2,1-4H3,(H,15,16)/p-1. The van der Waals surface area contributed by atoms with Gasteiger partial charge < -0.3 is 19.8 Å². The van der Waals surface area contributed by atoms with E-state index < -0.39 is 34.9 Å². The Morgan fingerprint density at radius 2 is 1.95 bits per heavy atom. The second-order valence-corrected chi connectivity index (χ2v) is 5.67. The SMILES string of the molecule is COC(=O)C(N)N(CCS(=O)[O-])C(=O)OC(C)(C)C. The van der Waals surface area contributed by atoms with E-state index in [0.29, 0.717) is 0 Å². The average molecular weight is 295 g/mol. The third-order valence-corrected chi connectivity index (χ3v) is 2.42. The van der Waals surface area contributed by atoms with E-state index in [4.69, 9.17) is 10.5 Å². The summed E-state index contributed by atoms with van der Waals surface area (Å²) in [6, 6.07) is 0. The molecule has 0 aromatic heterocycles. The molecule has 2 N–H and O–H groups in total. The predicted octanol–water partition coefficient (Wildman–Crippen LogP) is -0.440. The topological polar surface area (TPSA) is 122 Å². The Labute approximate surface area is 114 Å². The lowest BCUT2D eigenvalue weighted by atomic mass is 10.2. The first-order valence-electron chi connectivity index (χ1n) is 5.47. The van der Waals surface area contributed by atoms with Crippen LogP contribution in [-0.4, -0.2) is 56.9 Å². The van der Waals surface area contributed by atoms with Crippen LogP contribution in [0, 0.1) is 0 Å². The molecule has 8 nitrogen and oxygen atoms in total. The molecular weight excluding hydrogens is 276 g/mol. The fraction of sp³-hybridized carbons (Fsp3) is 0.800. The second-order valence-electron chi connectivity index (χ2n) is 4.65. The van der Waals surface area contributed by atoms with Gasteiger partial charge in [-0.05, 0) is 20.8 Å². The van der Waals surface area contributed by atoms with Gasteiger partial charge in [-0.2, -0.15) is 0 Å². The first kappa shape index (κ1) is 17.8. The van der Waals surface area contributed by atoms with Crippen molar-refractivity contribution in [2.45, 2.75) is 32.5 Å². The van der Waals surface area contributed by atoms with Crippen molar-refractivity contribution in [2.75, 3.05) is 19.4 Å². The molecule has 2 atom stereocenters. The van der Waals surface area contributed by atoms with Crippen LogP contribution in [-0.2, 0) is 25.3 Å². The molecule has 0 fully saturated rings. The zero-order chi connectivity index (χ0) is 15.2. The summed E-state index contributed by atoms with van der Waals surface area (Å²) in [6.45, 7) is 4.65. The van der Waals surface area contributed by atoms with Crippen LogP contribution < -0.4 is 5.73 Å². The minimum absolute atomic E-state index is 0.263. The van der Waals surface area contributed by atoms with Gasteiger partial charge >= 0.3 is 12.1 Å². The molecule has 0 aliphatic rings. The van der Waals surface area contributed by atoms with Crippen LogP contribution in [0.4, 0.5) is 4.79 Å². The molecule has 0 heterocycles.